The van der Waals surface area contributed by atoms with Gasteiger partial charge in [0.25, 0.3) is 0 Å². The molecule has 0 aliphatic heterocycles. The van der Waals surface area contributed by atoms with Crippen LogP contribution in [0.15, 0.2) is 47.6 Å². The van der Waals surface area contributed by atoms with E-state index in [1.54, 1.807) is 19.3 Å². The molecule has 0 aliphatic rings. The van der Waals surface area contributed by atoms with Gasteiger partial charge in [-0.3, -0.25) is 4.99 Å². The Morgan fingerprint density at radius 2 is 1.76 bits per heavy atom. The molecule has 2 rings (SSSR count). The molecule has 0 saturated heterocycles. The summed E-state index contributed by atoms with van der Waals surface area (Å²) in [7, 11) is 1.74. The Morgan fingerprint density at radius 3 is 2.44 bits per heavy atom. The lowest BCUT2D eigenvalue weighted by atomic mass is 10.2. The van der Waals surface area contributed by atoms with Crippen LogP contribution in [0.3, 0.4) is 0 Å². The Labute approximate surface area is 158 Å². The number of benzene rings is 1. The highest BCUT2D eigenvalue weighted by Crippen LogP contribution is 2.10. The number of pyridine rings is 1. The van der Waals surface area contributed by atoms with Crippen molar-refractivity contribution < 1.29 is 4.74 Å². The van der Waals surface area contributed by atoms with Gasteiger partial charge in [0.15, 0.2) is 5.96 Å². The van der Waals surface area contributed by atoms with Crippen molar-refractivity contribution in [3.8, 4) is 0 Å². The summed E-state index contributed by atoms with van der Waals surface area (Å²) in [4.78, 5) is 8.25. The molecule has 7 heteroatoms. The molecular formula is C18H22Cl2N4O. The van der Waals surface area contributed by atoms with Crippen molar-refractivity contribution in [3.05, 3.63) is 63.9 Å². The number of hydrogen-bond donors (Lipinski definition) is 2. The van der Waals surface area contributed by atoms with Gasteiger partial charge in [0.1, 0.15) is 5.15 Å². The summed E-state index contributed by atoms with van der Waals surface area (Å²) in [6.07, 6.45) is 2.63. The standard InChI is InChI=1S/C18H22Cl2N4O/c1-21-18(22-9-8-14-4-7-17(20)24-12-14)23-10-11-25-13-15-2-5-16(19)6-3-15/h2-7,12H,8-11,13H2,1H3,(H2,21,22,23). The molecule has 0 amide bonds. The van der Waals surface area contributed by atoms with E-state index < -0.39 is 0 Å². The van der Waals surface area contributed by atoms with Crippen LogP contribution in [0.4, 0.5) is 0 Å². The number of hydrogen-bond acceptors (Lipinski definition) is 3. The normalized spacial score (nSPS) is 11.4. The van der Waals surface area contributed by atoms with Gasteiger partial charge in [-0.05, 0) is 35.7 Å². The van der Waals surface area contributed by atoms with E-state index in [2.05, 4.69) is 20.6 Å². The van der Waals surface area contributed by atoms with E-state index in [0.29, 0.717) is 24.9 Å². The molecule has 0 bridgehead atoms. The van der Waals surface area contributed by atoms with Crippen LogP contribution < -0.4 is 10.6 Å². The Morgan fingerprint density at radius 1 is 1.04 bits per heavy atom. The largest absolute Gasteiger partial charge is 0.375 e. The third kappa shape index (κ3) is 7.73. The minimum atomic E-state index is 0.507. The average Bonchev–Trinajstić information content (AvgIpc) is 2.63. The molecule has 0 atom stereocenters. The monoisotopic (exact) mass is 380 g/mol. The van der Waals surface area contributed by atoms with E-state index in [1.165, 1.54) is 0 Å². The Balaban J connectivity index is 1.58. The fraction of sp³-hybridized carbons (Fsp3) is 0.333. The second kappa shape index (κ2) is 10.9. The van der Waals surface area contributed by atoms with Crippen molar-refractivity contribution >= 4 is 29.2 Å². The van der Waals surface area contributed by atoms with Gasteiger partial charge < -0.3 is 15.4 Å². The predicted octanol–water partition coefficient (Wildman–Crippen LogP) is 3.31. The molecule has 0 unspecified atom stereocenters. The number of rotatable bonds is 8. The number of guanidine groups is 1. The van der Waals surface area contributed by atoms with E-state index >= 15 is 0 Å². The number of nitrogens with one attached hydrogen (secondary N) is 2. The fourth-order valence-corrected chi connectivity index (χ4v) is 2.35. The number of aromatic nitrogens is 1. The van der Waals surface area contributed by atoms with Gasteiger partial charge in [-0.15, -0.1) is 0 Å². The second-order valence-corrected chi connectivity index (χ2v) is 6.17. The molecule has 0 saturated carbocycles. The first-order valence-corrected chi connectivity index (χ1v) is 8.80. The first-order valence-electron chi connectivity index (χ1n) is 8.04. The highest BCUT2D eigenvalue weighted by Gasteiger charge is 1.99. The quantitative estimate of drug-likeness (QED) is 0.319. The summed E-state index contributed by atoms with van der Waals surface area (Å²) in [5.74, 6) is 0.747. The SMILES string of the molecule is CN=C(NCCOCc1ccc(Cl)cc1)NCCc1ccc(Cl)nc1. The molecule has 0 radical (unpaired) electrons. The van der Waals surface area contributed by atoms with Crippen LogP contribution in [0.1, 0.15) is 11.1 Å². The van der Waals surface area contributed by atoms with Gasteiger partial charge in [0.2, 0.25) is 0 Å². The van der Waals surface area contributed by atoms with Crippen molar-refractivity contribution in [1.29, 1.82) is 0 Å². The van der Waals surface area contributed by atoms with Crippen LogP contribution in [0, 0.1) is 0 Å². The molecule has 1 aromatic heterocycles. The second-order valence-electron chi connectivity index (χ2n) is 5.34. The van der Waals surface area contributed by atoms with Gasteiger partial charge >= 0.3 is 0 Å². The van der Waals surface area contributed by atoms with E-state index in [9.17, 15) is 0 Å². The van der Waals surface area contributed by atoms with Gasteiger partial charge in [0, 0.05) is 31.4 Å². The van der Waals surface area contributed by atoms with Gasteiger partial charge in [-0.1, -0.05) is 41.4 Å². The zero-order valence-electron chi connectivity index (χ0n) is 14.1. The van der Waals surface area contributed by atoms with Crippen LogP contribution >= 0.6 is 23.2 Å². The predicted molar refractivity (Wildman–Crippen MR) is 103 cm³/mol. The van der Waals surface area contributed by atoms with E-state index in [4.69, 9.17) is 27.9 Å². The maximum Gasteiger partial charge on any atom is 0.191 e. The minimum absolute atomic E-state index is 0.507. The first-order chi connectivity index (χ1) is 12.2. The maximum atomic E-state index is 5.85. The molecule has 0 aliphatic carbocycles. The van der Waals surface area contributed by atoms with Crippen LogP contribution in [-0.2, 0) is 17.8 Å². The topological polar surface area (TPSA) is 58.5 Å². The molecule has 0 spiro atoms. The highest BCUT2D eigenvalue weighted by molar-refractivity contribution is 6.30. The Bertz CT molecular complexity index is 660. The molecule has 1 heterocycles. The molecule has 1 aromatic carbocycles. The lowest BCUT2D eigenvalue weighted by Crippen LogP contribution is -2.39. The summed E-state index contributed by atoms with van der Waals surface area (Å²) < 4.78 is 5.63. The summed E-state index contributed by atoms with van der Waals surface area (Å²) >= 11 is 11.6. The van der Waals surface area contributed by atoms with Crippen molar-refractivity contribution in [3.63, 3.8) is 0 Å². The van der Waals surface area contributed by atoms with Gasteiger partial charge in [-0.25, -0.2) is 4.98 Å². The number of nitrogens with zero attached hydrogens (tertiary/aromatic N) is 2. The van der Waals surface area contributed by atoms with Crippen molar-refractivity contribution in [2.75, 3.05) is 26.7 Å². The molecule has 0 fully saturated rings. The number of aliphatic imine (C=N–C) groups is 1. The van der Waals surface area contributed by atoms with Crippen molar-refractivity contribution in [2.24, 2.45) is 4.99 Å². The highest BCUT2D eigenvalue weighted by atomic mass is 35.5. The number of ether oxygens (including phenoxy) is 1. The van der Waals surface area contributed by atoms with Crippen LogP contribution in [0.5, 0.6) is 0 Å². The Kier molecular flexibility index (Phi) is 8.52. The lowest BCUT2D eigenvalue weighted by Gasteiger charge is -2.12. The molecular weight excluding hydrogens is 359 g/mol. The molecule has 2 N–H and O–H groups in total. The van der Waals surface area contributed by atoms with E-state index in [1.807, 2.05) is 30.3 Å². The Hall–Kier alpha value is -1.82. The molecule has 2 aromatic rings. The van der Waals surface area contributed by atoms with Gasteiger partial charge in [0.05, 0.1) is 13.2 Å². The summed E-state index contributed by atoms with van der Waals surface area (Å²) in [6, 6.07) is 11.4. The third-order valence-corrected chi connectivity index (χ3v) is 3.91. The van der Waals surface area contributed by atoms with E-state index in [-0.39, 0.29) is 0 Å². The number of halogens is 2. The van der Waals surface area contributed by atoms with Crippen molar-refractivity contribution in [1.82, 2.24) is 15.6 Å². The van der Waals surface area contributed by atoms with Gasteiger partial charge in [-0.2, -0.15) is 0 Å². The zero-order valence-corrected chi connectivity index (χ0v) is 15.6. The van der Waals surface area contributed by atoms with Crippen LogP contribution in [0.2, 0.25) is 10.2 Å². The van der Waals surface area contributed by atoms with Crippen LogP contribution in [-0.4, -0.2) is 37.7 Å². The smallest absolute Gasteiger partial charge is 0.191 e. The summed E-state index contributed by atoms with van der Waals surface area (Å²) in [6.45, 7) is 2.59. The van der Waals surface area contributed by atoms with Crippen LogP contribution in [0.25, 0.3) is 0 Å². The minimum Gasteiger partial charge on any atom is -0.375 e. The first kappa shape index (κ1) is 19.5. The lowest BCUT2D eigenvalue weighted by molar-refractivity contribution is 0.125. The maximum absolute atomic E-state index is 5.85. The average molecular weight is 381 g/mol. The van der Waals surface area contributed by atoms with E-state index in [0.717, 1.165) is 35.1 Å². The zero-order chi connectivity index (χ0) is 17.9. The fourth-order valence-electron chi connectivity index (χ4n) is 2.11. The summed E-state index contributed by atoms with van der Waals surface area (Å²) in [5.41, 5.74) is 2.22. The third-order valence-electron chi connectivity index (χ3n) is 3.44. The van der Waals surface area contributed by atoms with Crippen molar-refractivity contribution in [2.45, 2.75) is 13.0 Å². The molecule has 25 heavy (non-hydrogen) atoms. The molecule has 134 valence electrons. The summed E-state index contributed by atoms with van der Waals surface area (Å²) in [5, 5.41) is 7.71. The molecule has 5 nitrogen and oxygen atoms in total.